The van der Waals surface area contributed by atoms with Gasteiger partial charge in [-0.2, -0.15) is 0 Å². The molecule has 0 amide bonds. The van der Waals surface area contributed by atoms with Crippen molar-refractivity contribution >= 4 is 11.6 Å². The van der Waals surface area contributed by atoms with Crippen LogP contribution in [0.15, 0.2) is 0 Å². The van der Waals surface area contributed by atoms with Crippen molar-refractivity contribution in [1.29, 1.82) is 0 Å². The van der Waals surface area contributed by atoms with Gasteiger partial charge in [0.05, 0.1) is 0 Å². The second-order valence-electron chi connectivity index (χ2n) is 3.49. The minimum atomic E-state index is 0.300. The van der Waals surface area contributed by atoms with Crippen molar-refractivity contribution in [3.63, 3.8) is 0 Å². The van der Waals surface area contributed by atoms with Gasteiger partial charge in [-0.05, 0) is 24.7 Å². The van der Waals surface area contributed by atoms with Gasteiger partial charge in [0.2, 0.25) is 0 Å². The maximum absolute atomic E-state index is 5.96. The lowest BCUT2D eigenvalue weighted by atomic mass is 9.45. The molecule has 0 aromatic carbocycles. The van der Waals surface area contributed by atoms with E-state index in [0.29, 0.717) is 10.3 Å². The van der Waals surface area contributed by atoms with Gasteiger partial charge in [0.1, 0.15) is 0 Å². The van der Waals surface area contributed by atoms with Crippen LogP contribution in [0.2, 0.25) is 0 Å². The number of alkyl halides is 1. The quantitative estimate of drug-likeness (QED) is 0.426. The van der Waals surface area contributed by atoms with E-state index in [0.717, 1.165) is 0 Å². The third-order valence-corrected chi connectivity index (χ3v) is 2.63. The molecule has 0 aromatic heterocycles. The number of hydrogen-bond donors (Lipinski definition) is 0. The van der Waals surface area contributed by atoms with Crippen molar-refractivity contribution in [2.75, 3.05) is 0 Å². The zero-order valence-electron chi connectivity index (χ0n) is 4.50. The van der Waals surface area contributed by atoms with Gasteiger partial charge in [0, 0.05) is 4.87 Å². The second-order valence-corrected chi connectivity index (χ2v) is 4.29. The van der Waals surface area contributed by atoms with Gasteiger partial charge < -0.3 is 0 Å². The summed E-state index contributed by atoms with van der Waals surface area (Å²) in [6.45, 7) is 2.32. The van der Waals surface area contributed by atoms with E-state index in [-0.39, 0.29) is 0 Å². The smallest absolute Gasteiger partial charge is 0.0462 e. The van der Waals surface area contributed by atoms with Gasteiger partial charge in [-0.3, -0.25) is 0 Å². The second kappa shape index (κ2) is 0.753. The topological polar surface area (TPSA) is 0 Å². The van der Waals surface area contributed by atoms with E-state index < -0.39 is 0 Å². The van der Waals surface area contributed by atoms with Crippen molar-refractivity contribution in [3.05, 3.63) is 0 Å². The van der Waals surface area contributed by atoms with Crippen LogP contribution in [0.5, 0.6) is 0 Å². The summed E-state index contributed by atoms with van der Waals surface area (Å²) in [6, 6.07) is 0. The summed E-state index contributed by atoms with van der Waals surface area (Å²) in [5, 5.41) is 0. The fourth-order valence-electron chi connectivity index (χ4n) is 2.14. The number of hydrogen-bond acceptors (Lipinski definition) is 0. The first-order valence-corrected chi connectivity index (χ1v) is 3.19. The van der Waals surface area contributed by atoms with Crippen LogP contribution >= 0.6 is 11.6 Å². The molecule has 2 bridgehead atoms. The summed E-state index contributed by atoms with van der Waals surface area (Å²) < 4.78 is 0. The molecule has 3 aliphatic carbocycles. The molecule has 0 heterocycles. The molecule has 0 spiro atoms. The van der Waals surface area contributed by atoms with Crippen LogP contribution in [0.3, 0.4) is 0 Å². The van der Waals surface area contributed by atoms with Gasteiger partial charge >= 0.3 is 0 Å². The Bertz CT molecular complexity index is 85.6. The lowest BCUT2D eigenvalue weighted by molar-refractivity contribution is -0.0617. The molecule has 0 unspecified atom stereocenters. The Morgan fingerprint density at radius 1 is 1.29 bits per heavy atom. The Balaban J connectivity index is 2.16. The normalized spacial score (nSPS) is 66.0. The van der Waals surface area contributed by atoms with E-state index in [1.54, 1.807) is 0 Å². The molecule has 0 nitrogen and oxygen atoms in total. The van der Waals surface area contributed by atoms with E-state index in [2.05, 4.69) is 6.92 Å². The summed E-state index contributed by atoms with van der Waals surface area (Å²) >= 11 is 5.96. The van der Waals surface area contributed by atoms with Gasteiger partial charge in [-0.1, -0.05) is 6.92 Å². The molecule has 3 fully saturated rings. The van der Waals surface area contributed by atoms with Gasteiger partial charge in [-0.25, -0.2) is 0 Å². The molecule has 3 aliphatic rings. The summed E-state index contributed by atoms with van der Waals surface area (Å²) in [5.41, 5.74) is 0.696. The fraction of sp³-hybridized carbons (Fsp3) is 1.00. The lowest BCUT2D eigenvalue weighted by Gasteiger charge is -2.66. The molecule has 0 aliphatic heterocycles. The molecule has 0 atom stereocenters. The predicted molar refractivity (Wildman–Crippen MR) is 30.5 cm³/mol. The van der Waals surface area contributed by atoms with Crippen LogP contribution in [0, 0.1) is 5.41 Å². The molecule has 0 aromatic rings. The van der Waals surface area contributed by atoms with Crippen molar-refractivity contribution in [2.24, 2.45) is 5.41 Å². The third kappa shape index (κ3) is 0.346. The monoisotopic (exact) mass is 116 g/mol. The first-order chi connectivity index (χ1) is 3.12. The zero-order valence-corrected chi connectivity index (χ0v) is 5.26. The molecule has 0 saturated heterocycles. The van der Waals surface area contributed by atoms with Gasteiger partial charge in [0.15, 0.2) is 0 Å². The fourth-order valence-corrected chi connectivity index (χ4v) is 3.11. The molecule has 7 heavy (non-hydrogen) atoms. The summed E-state index contributed by atoms with van der Waals surface area (Å²) in [7, 11) is 0. The van der Waals surface area contributed by atoms with Crippen LogP contribution in [-0.4, -0.2) is 4.87 Å². The van der Waals surface area contributed by atoms with Gasteiger partial charge in [0.25, 0.3) is 0 Å². The summed E-state index contributed by atoms with van der Waals surface area (Å²) in [4.78, 5) is 0.300. The first kappa shape index (κ1) is 4.20. The van der Waals surface area contributed by atoms with Crippen LogP contribution in [0.4, 0.5) is 0 Å². The van der Waals surface area contributed by atoms with Crippen molar-refractivity contribution in [2.45, 2.75) is 31.1 Å². The summed E-state index contributed by atoms with van der Waals surface area (Å²) in [6.07, 6.45) is 3.84. The molecule has 3 saturated carbocycles. The highest BCUT2D eigenvalue weighted by Crippen LogP contribution is 2.70. The average molecular weight is 117 g/mol. The van der Waals surface area contributed by atoms with Gasteiger partial charge in [-0.15, -0.1) is 11.6 Å². The minimum absolute atomic E-state index is 0.300. The third-order valence-electron chi connectivity index (χ3n) is 2.23. The van der Waals surface area contributed by atoms with E-state index in [1.165, 1.54) is 19.3 Å². The van der Waals surface area contributed by atoms with Crippen molar-refractivity contribution in [3.8, 4) is 0 Å². The molecule has 3 rings (SSSR count). The number of halogens is 1. The van der Waals surface area contributed by atoms with E-state index in [1.807, 2.05) is 0 Å². The Morgan fingerprint density at radius 2 is 1.71 bits per heavy atom. The zero-order chi connectivity index (χ0) is 5.12. The van der Waals surface area contributed by atoms with Crippen LogP contribution in [0.1, 0.15) is 26.2 Å². The SMILES string of the molecule is CC12CC(Cl)(C1)C2. The highest BCUT2D eigenvalue weighted by Gasteiger charge is 2.63. The van der Waals surface area contributed by atoms with Crippen LogP contribution < -0.4 is 0 Å². The van der Waals surface area contributed by atoms with Crippen LogP contribution in [0.25, 0.3) is 0 Å². The maximum Gasteiger partial charge on any atom is 0.0462 e. The van der Waals surface area contributed by atoms with E-state index >= 15 is 0 Å². The standard InChI is InChI=1S/C6H9Cl/c1-5-2-6(7,3-5)4-5/h2-4H2,1H3. The molecule has 40 valence electrons. The molecule has 0 radical (unpaired) electrons. The Labute approximate surface area is 48.9 Å². The van der Waals surface area contributed by atoms with E-state index in [4.69, 9.17) is 11.6 Å². The van der Waals surface area contributed by atoms with E-state index in [9.17, 15) is 0 Å². The number of rotatable bonds is 0. The predicted octanol–water partition coefficient (Wildman–Crippen LogP) is 2.17. The summed E-state index contributed by atoms with van der Waals surface area (Å²) in [5.74, 6) is 0. The Hall–Kier alpha value is 0.290. The molecular formula is C6H9Cl. The lowest BCUT2D eigenvalue weighted by Crippen LogP contribution is -2.61. The highest BCUT2D eigenvalue weighted by atomic mass is 35.5. The minimum Gasteiger partial charge on any atom is -0.119 e. The highest BCUT2D eigenvalue weighted by molar-refractivity contribution is 6.26. The average Bonchev–Trinajstić information content (AvgIpc) is 1.27. The molecule has 1 heteroatoms. The van der Waals surface area contributed by atoms with Crippen molar-refractivity contribution < 1.29 is 0 Å². The van der Waals surface area contributed by atoms with Crippen molar-refractivity contribution in [1.82, 2.24) is 0 Å². The maximum atomic E-state index is 5.96. The Kier molecular flexibility index (Phi) is 0.451. The molecule has 0 N–H and O–H groups in total. The first-order valence-electron chi connectivity index (χ1n) is 2.81. The molecular weight excluding hydrogens is 108 g/mol. The van der Waals surface area contributed by atoms with Crippen LogP contribution in [-0.2, 0) is 0 Å². The largest absolute Gasteiger partial charge is 0.119 e. The Morgan fingerprint density at radius 3 is 1.71 bits per heavy atom.